The van der Waals surface area contributed by atoms with Crippen LogP contribution >= 0.6 is 0 Å². The molecular weight excluding hydrogens is 359 g/mol. The highest BCUT2D eigenvalue weighted by Crippen LogP contribution is 2.26. The van der Waals surface area contributed by atoms with E-state index < -0.39 is 11.8 Å². The fourth-order valence-electron chi connectivity index (χ4n) is 2.41. The average Bonchev–Trinajstić information content (AvgIpc) is 2.70. The number of halogens is 1. The second-order valence-electron chi connectivity index (χ2n) is 5.65. The maximum absolute atomic E-state index is 14.0. The van der Waals surface area contributed by atoms with Crippen molar-refractivity contribution < 1.29 is 13.9 Å². The molecule has 0 amide bonds. The second-order valence-corrected chi connectivity index (χ2v) is 5.65. The number of carbonyl (C=O) groups excluding carboxylic acids is 1. The summed E-state index contributed by atoms with van der Waals surface area (Å²) in [6.45, 7) is 5.49. The van der Waals surface area contributed by atoms with Gasteiger partial charge in [0.25, 0.3) is 0 Å². The Morgan fingerprint density at radius 1 is 1.25 bits per heavy atom. The topological polar surface area (TPSA) is 103 Å². The van der Waals surface area contributed by atoms with Crippen LogP contribution in [0.5, 0.6) is 0 Å². The number of nitrogens with two attached hydrogens (primary N) is 1. The molecule has 0 saturated heterocycles. The molecule has 0 unspecified atom stereocenters. The molecule has 140 valence electrons. The van der Waals surface area contributed by atoms with Crippen LogP contribution in [0.25, 0.3) is 5.70 Å². The highest BCUT2D eigenvalue weighted by atomic mass is 19.1. The van der Waals surface area contributed by atoms with Crippen molar-refractivity contribution >= 4 is 17.4 Å². The molecular formula is C21H17FN4O2. The average molecular weight is 376 g/mol. The predicted molar refractivity (Wildman–Crippen MR) is 103 cm³/mol. The molecule has 0 aromatic heterocycles. The minimum absolute atomic E-state index is 0.00786. The maximum Gasteiger partial charge on any atom is 0.337 e. The van der Waals surface area contributed by atoms with Crippen molar-refractivity contribution in [1.82, 2.24) is 0 Å². The van der Waals surface area contributed by atoms with Gasteiger partial charge in [0.2, 0.25) is 0 Å². The number of hydrazine groups is 1. The lowest BCUT2D eigenvalue weighted by Gasteiger charge is -2.23. The number of hydrogen-bond donors (Lipinski definition) is 1. The lowest BCUT2D eigenvalue weighted by Crippen LogP contribution is -2.29. The van der Waals surface area contributed by atoms with E-state index in [-0.39, 0.29) is 29.0 Å². The molecule has 6 nitrogen and oxygen atoms in total. The Morgan fingerprint density at radius 3 is 2.61 bits per heavy atom. The largest absolute Gasteiger partial charge is 0.462 e. The van der Waals surface area contributed by atoms with E-state index in [1.165, 1.54) is 29.3 Å². The third kappa shape index (κ3) is 4.82. The number of nitriles is 2. The monoisotopic (exact) mass is 376 g/mol. The lowest BCUT2D eigenvalue weighted by atomic mass is 10.0. The number of ether oxygens (including phenoxy) is 1. The highest BCUT2D eigenvalue weighted by molar-refractivity contribution is 5.95. The van der Waals surface area contributed by atoms with Crippen LogP contribution in [-0.4, -0.2) is 12.6 Å². The SMILES string of the molecule is C=C(/C=C(/c1cc(F)cc(C#N)c1)N(N)c1cccc(C#N)c1)C(=O)OCC. The van der Waals surface area contributed by atoms with Crippen LogP contribution in [0.4, 0.5) is 10.1 Å². The minimum Gasteiger partial charge on any atom is -0.462 e. The Hall–Kier alpha value is -3.94. The molecule has 0 saturated carbocycles. The molecule has 0 spiro atoms. The number of carbonyl (C=O) groups is 1. The van der Waals surface area contributed by atoms with Gasteiger partial charge >= 0.3 is 5.97 Å². The summed E-state index contributed by atoms with van der Waals surface area (Å²) in [6.07, 6.45) is 1.34. The molecule has 2 rings (SSSR count). The van der Waals surface area contributed by atoms with Crippen LogP contribution in [-0.2, 0) is 9.53 Å². The normalized spacial score (nSPS) is 10.5. The van der Waals surface area contributed by atoms with Crippen molar-refractivity contribution in [2.24, 2.45) is 5.84 Å². The smallest absolute Gasteiger partial charge is 0.337 e. The Kier molecular flexibility index (Phi) is 6.64. The summed E-state index contributed by atoms with van der Waals surface area (Å²) in [5.74, 6) is 4.92. The first-order valence-electron chi connectivity index (χ1n) is 8.23. The molecule has 0 heterocycles. The van der Waals surface area contributed by atoms with Crippen LogP contribution in [0, 0.1) is 28.5 Å². The van der Waals surface area contributed by atoms with Crippen molar-refractivity contribution in [2.45, 2.75) is 6.92 Å². The zero-order valence-electron chi connectivity index (χ0n) is 15.1. The summed E-state index contributed by atoms with van der Waals surface area (Å²) in [4.78, 5) is 12.0. The van der Waals surface area contributed by atoms with E-state index in [4.69, 9.17) is 21.1 Å². The fraction of sp³-hybridized carbons (Fsp3) is 0.0952. The van der Waals surface area contributed by atoms with Gasteiger partial charge in [-0.15, -0.1) is 0 Å². The van der Waals surface area contributed by atoms with Gasteiger partial charge in [0.05, 0.1) is 46.8 Å². The van der Waals surface area contributed by atoms with Crippen molar-refractivity contribution in [2.75, 3.05) is 11.6 Å². The summed E-state index contributed by atoms with van der Waals surface area (Å²) in [6, 6.07) is 14.0. The standard InChI is InChI=1S/C21H17FN4O2/c1-3-28-21(27)14(2)7-20(17-8-16(13-24)9-18(22)11-17)26(25)19-6-4-5-15(10-19)12-23/h4-11H,2-3,25H2,1H3/b20-7-. The molecule has 2 aromatic carbocycles. The summed E-state index contributed by atoms with van der Waals surface area (Å²) in [5.41, 5.74) is 1.32. The molecule has 0 atom stereocenters. The van der Waals surface area contributed by atoms with Gasteiger partial charge in [0.1, 0.15) is 5.82 Å². The second kappa shape index (κ2) is 9.13. The number of hydrogen-bond acceptors (Lipinski definition) is 6. The Balaban J connectivity index is 2.60. The highest BCUT2D eigenvalue weighted by Gasteiger charge is 2.16. The van der Waals surface area contributed by atoms with E-state index >= 15 is 0 Å². The molecule has 0 aliphatic heterocycles. The summed E-state index contributed by atoms with van der Waals surface area (Å²) in [7, 11) is 0. The molecule has 2 N–H and O–H groups in total. The molecule has 0 fully saturated rings. The number of rotatable bonds is 6. The summed E-state index contributed by atoms with van der Waals surface area (Å²) < 4.78 is 18.9. The third-order valence-electron chi connectivity index (χ3n) is 3.68. The van der Waals surface area contributed by atoms with E-state index in [1.807, 2.05) is 12.1 Å². The van der Waals surface area contributed by atoms with Crippen molar-refractivity contribution in [3.05, 3.63) is 83.2 Å². The third-order valence-corrected chi connectivity index (χ3v) is 3.68. The first-order chi connectivity index (χ1) is 13.4. The van der Waals surface area contributed by atoms with Crippen LogP contribution in [0.15, 0.2) is 60.7 Å². The number of nitrogens with zero attached hydrogens (tertiary/aromatic N) is 3. The first-order valence-corrected chi connectivity index (χ1v) is 8.23. The Labute approximate surface area is 162 Å². The van der Waals surface area contributed by atoms with Crippen LogP contribution in [0.3, 0.4) is 0 Å². The number of anilines is 1. The molecule has 0 aliphatic rings. The molecule has 0 radical (unpaired) electrons. The molecule has 2 aromatic rings. The van der Waals surface area contributed by atoms with E-state index in [2.05, 4.69) is 6.58 Å². The Bertz CT molecular complexity index is 1030. The van der Waals surface area contributed by atoms with Gasteiger partial charge in [-0.2, -0.15) is 10.5 Å². The minimum atomic E-state index is -0.656. The first kappa shape index (κ1) is 20.4. The molecule has 0 bridgehead atoms. The van der Waals surface area contributed by atoms with Gasteiger partial charge in [-0.05, 0) is 49.4 Å². The number of benzene rings is 2. The van der Waals surface area contributed by atoms with E-state index in [9.17, 15) is 9.18 Å². The van der Waals surface area contributed by atoms with Gasteiger partial charge in [-0.3, -0.25) is 5.01 Å². The van der Waals surface area contributed by atoms with Crippen molar-refractivity contribution in [1.29, 1.82) is 10.5 Å². The predicted octanol–water partition coefficient (Wildman–Crippen LogP) is 3.41. The van der Waals surface area contributed by atoms with Gasteiger partial charge in [-0.25, -0.2) is 15.0 Å². The fourth-order valence-corrected chi connectivity index (χ4v) is 2.41. The molecule has 28 heavy (non-hydrogen) atoms. The van der Waals surface area contributed by atoms with Crippen LogP contribution in [0.2, 0.25) is 0 Å². The van der Waals surface area contributed by atoms with Gasteiger partial charge < -0.3 is 4.74 Å². The van der Waals surface area contributed by atoms with Crippen LogP contribution < -0.4 is 10.9 Å². The number of esters is 1. The quantitative estimate of drug-likeness (QED) is 0.272. The van der Waals surface area contributed by atoms with Gasteiger partial charge in [0, 0.05) is 5.56 Å². The lowest BCUT2D eigenvalue weighted by molar-refractivity contribution is -0.138. The van der Waals surface area contributed by atoms with E-state index in [1.54, 1.807) is 25.1 Å². The molecule has 0 aliphatic carbocycles. The van der Waals surface area contributed by atoms with E-state index in [0.29, 0.717) is 11.3 Å². The molecule has 7 heteroatoms. The maximum atomic E-state index is 14.0. The van der Waals surface area contributed by atoms with Crippen molar-refractivity contribution in [3.63, 3.8) is 0 Å². The Morgan fingerprint density at radius 2 is 1.96 bits per heavy atom. The van der Waals surface area contributed by atoms with Crippen LogP contribution in [0.1, 0.15) is 23.6 Å². The van der Waals surface area contributed by atoms with Crippen molar-refractivity contribution in [3.8, 4) is 12.1 Å². The zero-order valence-corrected chi connectivity index (χ0v) is 15.1. The van der Waals surface area contributed by atoms with Gasteiger partial charge in [-0.1, -0.05) is 12.6 Å². The van der Waals surface area contributed by atoms with Gasteiger partial charge in [0.15, 0.2) is 0 Å². The summed E-state index contributed by atoms with van der Waals surface area (Å²) in [5, 5.41) is 19.4. The zero-order chi connectivity index (χ0) is 20.7. The van der Waals surface area contributed by atoms with E-state index in [0.717, 1.165) is 6.07 Å². The summed E-state index contributed by atoms with van der Waals surface area (Å²) >= 11 is 0.